The molecule has 2 aromatic rings. The van der Waals surface area contributed by atoms with Crippen molar-refractivity contribution in [2.75, 3.05) is 31.6 Å². The van der Waals surface area contributed by atoms with Crippen LogP contribution in [0.25, 0.3) is 0 Å². The van der Waals surface area contributed by atoms with Gasteiger partial charge in [-0.05, 0) is 26.7 Å². The van der Waals surface area contributed by atoms with Crippen LogP contribution in [0.4, 0.5) is 5.13 Å². The molecule has 0 saturated carbocycles. The van der Waals surface area contributed by atoms with Gasteiger partial charge in [0.1, 0.15) is 0 Å². The van der Waals surface area contributed by atoms with E-state index in [-0.39, 0.29) is 24.0 Å². The first kappa shape index (κ1) is 21.4. The number of aliphatic imine (C=N–C) groups is 1. The van der Waals surface area contributed by atoms with Crippen LogP contribution in [0.5, 0.6) is 0 Å². The van der Waals surface area contributed by atoms with Gasteiger partial charge in [-0.25, -0.2) is 9.97 Å². The van der Waals surface area contributed by atoms with Crippen molar-refractivity contribution in [3.05, 3.63) is 26.7 Å². The highest BCUT2D eigenvalue weighted by Gasteiger charge is 2.15. The van der Waals surface area contributed by atoms with E-state index in [0.29, 0.717) is 0 Å². The largest absolute Gasteiger partial charge is 0.356 e. The number of rotatable bonds is 6. The van der Waals surface area contributed by atoms with E-state index in [9.17, 15) is 0 Å². The standard InChI is InChI=1S/C17H26N6S2.HI/c1-12-15(25-13(2)21-12)10-20-16(18-3)19-7-6-14-11-24-17(22-14)23-8-4-5-9-23;/h11H,4-10H2,1-3H3,(H2,18,19,20);1H. The summed E-state index contributed by atoms with van der Waals surface area (Å²) in [6.07, 6.45) is 3.48. The number of guanidine groups is 1. The molecule has 26 heavy (non-hydrogen) atoms. The molecule has 0 radical (unpaired) electrons. The lowest BCUT2D eigenvalue weighted by Gasteiger charge is -2.12. The van der Waals surface area contributed by atoms with Gasteiger partial charge in [0, 0.05) is 43.4 Å². The Bertz CT molecular complexity index is 721. The second-order valence-corrected chi connectivity index (χ2v) is 8.28. The topological polar surface area (TPSA) is 65.4 Å². The lowest BCUT2D eigenvalue weighted by molar-refractivity contribution is 0.787. The number of anilines is 1. The van der Waals surface area contributed by atoms with E-state index in [4.69, 9.17) is 4.98 Å². The molecule has 9 heteroatoms. The van der Waals surface area contributed by atoms with Gasteiger partial charge in [-0.2, -0.15) is 0 Å². The maximum absolute atomic E-state index is 4.76. The number of halogens is 1. The minimum atomic E-state index is 0. The van der Waals surface area contributed by atoms with Crippen LogP contribution in [0.3, 0.4) is 0 Å². The van der Waals surface area contributed by atoms with Crippen molar-refractivity contribution >= 4 is 57.7 Å². The highest BCUT2D eigenvalue weighted by atomic mass is 127. The summed E-state index contributed by atoms with van der Waals surface area (Å²) in [6, 6.07) is 0. The first-order valence-corrected chi connectivity index (χ1v) is 10.4. The van der Waals surface area contributed by atoms with Crippen LogP contribution < -0.4 is 15.5 Å². The predicted molar refractivity (Wildman–Crippen MR) is 122 cm³/mol. The normalized spacial score (nSPS) is 14.4. The Labute approximate surface area is 180 Å². The Morgan fingerprint density at radius 1 is 1.23 bits per heavy atom. The molecule has 1 saturated heterocycles. The van der Waals surface area contributed by atoms with Crippen LogP contribution in [0.15, 0.2) is 10.4 Å². The quantitative estimate of drug-likeness (QED) is 0.358. The minimum Gasteiger partial charge on any atom is -0.356 e. The van der Waals surface area contributed by atoms with Gasteiger partial charge in [0.15, 0.2) is 11.1 Å². The zero-order valence-corrected chi connectivity index (χ0v) is 19.5. The van der Waals surface area contributed by atoms with E-state index in [0.717, 1.165) is 55.0 Å². The van der Waals surface area contributed by atoms with Crippen LogP contribution in [-0.2, 0) is 13.0 Å². The molecule has 0 aliphatic carbocycles. The van der Waals surface area contributed by atoms with Crippen molar-refractivity contribution in [3.8, 4) is 0 Å². The molecule has 0 bridgehead atoms. The summed E-state index contributed by atoms with van der Waals surface area (Å²) in [4.78, 5) is 17.2. The fourth-order valence-corrected chi connectivity index (χ4v) is 4.69. The van der Waals surface area contributed by atoms with Gasteiger partial charge in [0.2, 0.25) is 0 Å². The number of aromatic nitrogens is 2. The maximum Gasteiger partial charge on any atom is 0.191 e. The highest BCUT2D eigenvalue weighted by molar-refractivity contribution is 14.0. The minimum absolute atomic E-state index is 0. The van der Waals surface area contributed by atoms with Crippen molar-refractivity contribution in [2.24, 2.45) is 4.99 Å². The van der Waals surface area contributed by atoms with Crippen LogP contribution in [0.1, 0.15) is 34.1 Å². The molecule has 0 spiro atoms. The van der Waals surface area contributed by atoms with Gasteiger partial charge in [0.25, 0.3) is 0 Å². The Kier molecular flexibility index (Phi) is 8.55. The smallest absolute Gasteiger partial charge is 0.191 e. The first-order chi connectivity index (χ1) is 12.2. The van der Waals surface area contributed by atoms with E-state index >= 15 is 0 Å². The van der Waals surface area contributed by atoms with Gasteiger partial charge in [-0.1, -0.05) is 0 Å². The van der Waals surface area contributed by atoms with Crippen molar-refractivity contribution in [2.45, 2.75) is 39.7 Å². The summed E-state index contributed by atoms with van der Waals surface area (Å²) in [6.45, 7) is 7.97. The molecule has 0 atom stereocenters. The molecule has 1 fully saturated rings. The molecular weight excluding hydrogens is 479 g/mol. The number of aryl methyl sites for hydroxylation is 2. The van der Waals surface area contributed by atoms with Crippen molar-refractivity contribution in [1.29, 1.82) is 0 Å². The van der Waals surface area contributed by atoms with Gasteiger partial charge in [-0.3, -0.25) is 4.99 Å². The Balaban J connectivity index is 0.00000243. The molecule has 2 N–H and O–H groups in total. The lowest BCUT2D eigenvalue weighted by Crippen LogP contribution is -2.37. The van der Waals surface area contributed by atoms with Gasteiger partial charge >= 0.3 is 0 Å². The van der Waals surface area contributed by atoms with E-state index in [2.05, 4.69) is 37.8 Å². The number of nitrogens with one attached hydrogen (secondary N) is 2. The Morgan fingerprint density at radius 2 is 2.00 bits per heavy atom. The second-order valence-electron chi connectivity index (χ2n) is 6.16. The summed E-state index contributed by atoms with van der Waals surface area (Å²) in [5, 5.41) is 11.2. The van der Waals surface area contributed by atoms with Gasteiger partial charge in [-0.15, -0.1) is 46.7 Å². The fraction of sp³-hybridized carbons (Fsp3) is 0.588. The van der Waals surface area contributed by atoms with E-state index in [1.807, 2.05) is 6.92 Å². The third-order valence-corrected chi connectivity index (χ3v) is 6.25. The average molecular weight is 506 g/mol. The summed E-state index contributed by atoms with van der Waals surface area (Å²) >= 11 is 3.49. The molecule has 2 aromatic heterocycles. The maximum atomic E-state index is 4.76. The Morgan fingerprint density at radius 3 is 2.65 bits per heavy atom. The molecule has 3 heterocycles. The fourth-order valence-electron chi connectivity index (χ4n) is 2.90. The van der Waals surface area contributed by atoms with Crippen molar-refractivity contribution in [1.82, 2.24) is 20.6 Å². The molecule has 0 unspecified atom stereocenters. The molecule has 1 aliphatic heterocycles. The lowest BCUT2D eigenvalue weighted by atomic mass is 10.3. The molecule has 144 valence electrons. The van der Waals surface area contributed by atoms with Gasteiger partial charge in [0.05, 0.1) is 22.9 Å². The zero-order valence-electron chi connectivity index (χ0n) is 15.5. The van der Waals surface area contributed by atoms with E-state index in [1.165, 1.54) is 22.9 Å². The summed E-state index contributed by atoms with van der Waals surface area (Å²) in [5.41, 5.74) is 2.26. The number of nitrogens with zero attached hydrogens (tertiary/aromatic N) is 4. The van der Waals surface area contributed by atoms with Crippen LogP contribution in [0.2, 0.25) is 0 Å². The molecular formula is C17H27IN6S2. The molecule has 6 nitrogen and oxygen atoms in total. The molecule has 3 rings (SSSR count). The third-order valence-electron chi connectivity index (χ3n) is 4.23. The summed E-state index contributed by atoms with van der Waals surface area (Å²) in [7, 11) is 1.80. The monoisotopic (exact) mass is 506 g/mol. The van der Waals surface area contributed by atoms with Crippen LogP contribution >= 0.6 is 46.7 Å². The third kappa shape index (κ3) is 5.78. The number of hydrogen-bond acceptors (Lipinski definition) is 6. The van der Waals surface area contributed by atoms with E-state index < -0.39 is 0 Å². The summed E-state index contributed by atoms with van der Waals surface area (Å²) < 4.78 is 0. The first-order valence-electron chi connectivity index (χ1n) is 8.72. The SMILES string of the molecule is CN=C(NCCc1csc(N2CCCC2)n1)NCc1sc(C)nc1C.I. The number of thiazole rings is 2. The van der Waals surface area contributed by atoms with Crippen LogP contribution in [-0.4, -0.2) is 42.6 Å². The van der Waals surface area contributed by atoms with E-state index in [1.54, 1.807) is 29.7 Å². The molecule has 1 aliphatic rings. The van der Waals surface area contributed by atoms with Gasteiger partial charge < -0.3 is 15.5 Å². The average Bonchev–Trinajstić information content (AvgIpc) is 3.32. The second kappa shape index (κ2) is 10.4. The van der Waals surface area contributed by atoms with Crippen molar-refractivity contribution < 1.29 is 0 Å². The zero-order chi connectivity index (χ0) is 17.6. The summed E-state index contributed by atoms with van der Waals surface area (Å²) in [5.74, 6) is 0.820. The Hall–Kier alpha value is -0.940. The molecule has 0 amide bonds. The predicted octanol–water partition coefficient (Wildman–Crippen LogP) is 3.34. The van der Waals surface area contributed by atoms with Crippen LogP contribution in [0, 0.1) is 13.8 Å². The number of hydrogen-bond donors (Lipinski definition) is 2. The van der Waals surface area contributed by atoms with Crippen molar-refractivity contribution in [3.63, 3.8) is 0 Å². The highest BCUT2D eigenvalue weighted by Crippen LogP contribution is 2.24. The molecule has 0 aromatic carbocycles.